The van der Waals surface area contributed by atoms with Gasteiger partial charge in [-0.05, 0) is 19.3 Å². The van der Waals surface area contributed by atoms with E-state index in [0.717, 1.165) is 0 Å². The highest BCUT2D eigenvalue weighted by Gasteiger charge is 2.13. The summed E-state index contributed by atoms with van der Waals surface area (Å²) >= 11 is 5.81. The van der Waals surface area contributed by atoms with Gasteiger partial charge < -0.3 is 0 Å². The normalized spacial score (nSPS) is 17.3. The standard InChI is InChI=1S/C8H17ClO2S/c1-4-12(10,11)6-5-7(2)8(3)9/h7-8H,4-6H2,1-3H3. The molecule has 0 aliphatic heterocycles. The molecule has 0 saturated heterocycles. The summed E-state index contributed by atoms with van der Waals surface area (Å²) in [5.41, 5.74) is 0. The molecule has 0 aromatic carbocycles. The monoisotopic (exact) mass is 212 g/mol. The van der Waals surface area contributed by atoms with E-state index < -0.39 is 9.84 Å². The quantitative estimate of drug-likeness (QED) is 0.654. The Morgan fingerprint density at radius 3 is 2.17 bits per heavy atom. The van der Waals surface area contributed by atoms with Crippen LogP contribution in [0.25, 0.3) is 0 Å². The molecular formula is C8H17ClO2S. The molecule has 2 nitrogen and oxygen atoms in total. The molecule has 4 heteroatoms. The molecule has 0 aliphatic rings. The summed E-state index contributed by atoms with van der Waals surface area (Å²) in [4.78, 5) is 0. The lowest BCUT2D eigenvalue weighted by molar-refractivity contribution is 0.538. The van der Waals surface area contributed by atoms with Crippen molar-refractivity contribution < 1.29 is 8.42 Å². The Hall–Kier alpha value is 0.240. The van der Waals surface area contributed by atoms with Crippen LogP contribution in [-0.2, 0) is 9.84 Å². The molecule has 2 atom stereocenters. The molecule has 0 aromatic rings. The first kappa shape index (κ1) is 12.2. The number of hydrogen-bond donors (Lipinski definition) is 0. The average Bonchev–Trinajstić information content (AvgIpc) is 2.00. The van der Waals surface area contributed by atoms with Gasteiger partial charge in [-0.3, -0.25) is 0 Å². The number of halogens is 1. The van der Waals surface area contributed by atoms with Gasteiger partial charge in [0.05, 0.1) is 5.75 Å². The Labute approximate surface area is 80.2 Å². The van der Waals surface area contributed by atoms with Crippen molar-refractivity contribution in [1.29, 1.82) is 0 Å². The molecule has 0 N–H and O–H groups in total. The van der Waals surface area contributed by atoms with Crippen LogP contribution >= 0.6 is 11.6 Å². The molecule has 2 unspecified atom stereocenters. The molecule has 12 heavy (non-hydrogen) atoms. The van der Waals surface area contributed by atoms with Crippen LogP contribution in [0.1, 0.15) is 27.2 Å². The molecule has 0 heterocycles. The summed E-state index contributed by atoms with van der Waals surface area (Å²) < 4.78 is 22.2. The Morgan fingerprint density at radius 2 is 1.83 bits per heavy atom. The van der Waals surface area contributed by atoms with E-state index >= 15 is 0 Å². The maximum atomic E-state index is 11.1. The minimum Gasteiger partial charge on any atom is -0.229 e. The topological polar surface area (TPSA) is 34.1 Å². The minimum absolute atomic E-state index is 0.0528. The second-order valence-electron chi connectivity index (χ2n) is 3.18. The summed E-state index contributed by atoms with van der Waals surface area (Å²) in [7, 11) is -2.81. The van der Waals surface area contributed by atoms with Gasteiger partial charge in [-0.2, -0.15) is 0 Å². The fraction of sp³-hybridized carbons (Fsp3) is 1.00. The van der Waals surface area contributed by atoms with Gasteiger partial charge in [0.25, 0.3) is 0 Å². The second kappa shape index (κ2) is 5.07. The van der Waals surface area contributed by atoms with Crippen molar-refractivity contribution in [2.24, 2.45) is 5.92 Å². The molecule has 0 radical (unpaired) electrons. The van der Waals surface area contributed by atoms with Crippen LogP contribution in [-0.4, -0.2) is 25.3 Å². The Kier molecular flexibility index (Phi) is 5.18. The van der Waals surface area contributed by atoms with E-state index in [9.17, 15) is 8.42 Å². The zero-order valence-electron chi connectivity index (χ0n) is 7.88. The molecule has 0 aromatic heterocycles. The molecule has 0 aliphatic carbocycles. The molecule has 0 rings (SSSR count). The van der Waals surface area contributed by atoms with Crippen LogP contribution in [0.2, 0.25) is 0 Å². The zero-order chi connectivity index (χ0) is 9.78. The van der Waals surface area contributed by atoms with Crippen LogP contribution in [0.4, 0.5) is 0 Å². The number of rotatable bonds is 5. The van der Waals surface area contributed by atoms with Crippen molar-refractivity contribution in [2.45, 2.75) is 32.6 Å². The van der Waals surface area contributed by atoms with Gasteiger partial charge in [0, 0.05) is 11.1 Å². The highest BCUT2D eigenvalue weighted by molar-refractivity contribution is 7.91. The average molecular weight is 213 g/mol. The lowest BCUT2D eigenvalue weighted by Gasteiger charge is -2.12. The van der Waals surface area contributed by atoms with Crippen LogP contribution in [0.3, 0.4) is 0 Å². The molecule has 0 bridgehead atoms. The fourth-order valence-corrected chi connectivity index (χ4v) is 1.89. The third-order valence-corrected chi connectivity index (χ3v) is 4.28. The van der Waals surface area contributed by atoms with Gasteiger partial charge in [-0.15, -0.1) is 11.6 Å². The minimum atomic E-state index is -2.81. The lowest BCUT2D eigenvalue weighted by atomic mass is 10.1. The van der Waals surface area contributed by atoms with Gasteiger partial charge in [0.15, 0.2) is 0 Å². The van der Waals surface area contributed by atoms with Crippen molar-refractivity contribution in [2.75, 3.05) is 11.5 Å². The third kappa shape index (κ3) is 4.99. The van der Waals surface area contributed by atoms with Gasteiger partial charge in [0.2, 0.25) is 0 Å². The smallest absolute Gasteiger partial charge is 0.150 e. The molecule has 0 saturated carbocycles. The summed E-state index contributed by atoms with van der Waals surface area (Å²) in [6.07, 6.45) is 0.668. The lowest BCUT2D eigenvalue weighted by Crippen LogP contribution is -2.15. The molecule has 0 amide bonds. The number of hydrogen-bond acceptors (Lipinski definition) is 2. The largest absolute Gasteiger partial charge is 0.229 e. The van der Waals surface area contributed by atoms with Gasteiger partial charge in [-0.25, -0.2) is 8.42 Å². The summed E-state index contributed by atoms with van der Waals surface area (Å²) in [5.74, 6) is 0.769. The summed E-state index contributed by atoms with van der Waals surface area (Å²) in [5, 5.41) is 0.0528. The maximum Gasteiger partial charge on any atom is 0.150 e. The SMILES string of the molecule is CCS(=O)(=O)CCC(C)C(C)Cl. The molecule has 0 fully saturated rings. The van der Waals surface area contributed by atoms with E-state index in [4.69, 9.17) is 11.6 Å². The van der Waals surface area contributed by atoms with E-state index in [0.29, 0.717) is 6.42 Å². The van der Waals surface area contributed by atoms with E-state index in [1.165, 1.54) is 0 Å². The molecular weight excluding hydrogens is 196 g/mol. The first-order valence-corrected chi connectivity index (χ1v) is 6.49. The van der Waals surface area contributed by atoms with Gasteiger partial charge in [-0.1, -0.05) is 13.8 Å². The van der Waals surface area contributed by atoms with Crippen molar-refractivity contribution in [3.05, 3.63) is 0 Å². The number of alkyl halides is 1. The van der Waals surface area contributed by atoms with E-state index in [1.807, 2.05) is 13.8 Å². The molecule has 0 spiro atoms. The van der Waals surface area contributed by atoms with Gasteiger partial charge in [0.1, 0.15) is 9.84 Å². The summed E-state index contributed by atoms with van der Waals surface area (Å²) in [6, 6.07) is 0. The van der Waals surface area contributed by atoms with Crippen molar-refractivity contribution in [1.82, 2.24) is 0 Å². The van der Waals surface area contributed by atoms with E-state index in [2.05, 4.69) is 0 Å². The third-order valence-electron chi connectivity index (χ3n) is 2.11. The van der Waals surface area contributed by atoms with E-state index in [1.54, 1.807) is 6.92 Å². The van der Waals surface area contributed by atoms with Gasteiger partial charge >= 0.3 is 0 Å². The first-order valence-electron chi connectivity index (χ1n) is 4.23. The summed E-state index contributed by atoms with van der Waals surface area (Å²) in [6.45, 7) is 5.54. The predicted octanol–water partition coefficient (Wildman–Crippen LogP) is 2.07. The highest BCUT2D eigenvalue weighted by Crippen LogP contribution is 2.14. The van der Waals surface area contributed by atoms with Crippen molar-refractivity contribution in [3.8, 4) is 0 Å². The van der Waals surface area contributed by atoms with Crippen LogP contribution in [0.15, 0.2) is 0 Å². The Bertz CT molecular complexity index is 209. The van der Waals surface area contributed by atoms with Crippen LogP contribution < -0.4 is 0 Å². The van der Waals surface area contributed by atoms with Crippen LogP contribution in [0.5, 0.6) is 0 Å². The number of sulfone groups is 1. The first-order chi connectivity index (χ1) is 5.39. The Morgan fingerprint density at radius 1 is 1.33 bits per heavy atom. The van der Waals surface area contributed by atoms with E-state index in [-0.39, 0.29) is 22.8 Å². The zero-order valence-corrected chi connectivity index (χ0v) is 9.45. The van der Waals surface area contributed by atoms with Crippen LogP contribution in [0, 0.1) is 5.92 Å². The molecule has 74 valence electrons. The predicted molar refractivity (Wildman–Crippen MR) is 53.4 cm³/mol. The maximum absolute atomic E-state index is 11.1. The fourth-order valence-electron chi connectivity index (χ4n) is 0.739. The second-order valence-corrected chi connectivity index (χ2v) is 6.34. The van der Waals surface area contributed by atoms with Crippen molar-refractivity contribution in [3.63, 3.8) is 0 Å². The highest BCUT2D eigenvalue weighted by atomic mass is 35.5. The Balaban J connectivity index is 3.84. The van der Waals surface area contributed by atoms with Crippen molar-refractivity contribution >= 4 is 21.4 Å².